The van der Waals surface area contributed by atoms with Crippen molar-refractivity contribution in [2.45, 2.75) is 26.3 Å². The van der Waals surface area contributed by atoms with Gasteiger partial charge in [0.25, 0.3) is 0 Å². The SMILES string of the molecule is COc1ccc(C(CC(=O)O)NC(=O)CS(=O)(=O)CC(C)C)cc1OC. The number of carboxylic acid groups (broad SMARTS) is 1. The second kappa shape index (κ2) is 9.42. The summed E-state index contributed by atoms with van der Waals surface area (Å²) < 4.78 is 34.2. The van der Waals surface area contributed by atoms with Crippen molar-refractivity contribution in [3.8, 4) is 11.5 Å². The van der Waals surface area contributed by atoms with Gasteiger partial charge in [0.2, 0.25) is 5.91 Å². The lowest BCUT2D eigenvalue weighted by molar-refractivity contribution is -0.137. The van der Waals surface area contributed by atoms with Crippen molar-refractivity contribution in [2.75, 3.05) is 25.7 Å². The standard InChI is InChI=1S/C17H25NO7S/c1-11(2)9-26(22,23)10-16(19)18-13(8-17(20)21)12-5-6-14(24-3)15(7-12)25-4/h5-7,11,13H,8-10H2,1-4H3,(H,18,19)(H,20,21). The van der Waals surface area contributed by atoms with Crippen LogP contribution in [0, 0.1) is 5.92 Å². The van der Waals surface area contributed by atoms with Gasteiger partial charge in [-0.05, 0) is 23.6 Å². The van der Waals surface area contributed by atoms with Crippen LogP contribution in [0.4, 0.5) is 0 Å². The maximum absolute atomic E-state index is 12.1. The predicted octanol–water partition coefficient (Wildman–Crippen LogP) is 1.41. The smallest absolute Gasteiger partial charge is 0.305 e. The summed E-state index contributed by atoms with van der Waals surface area (Å²) in [6, 6.07) is 3.84. The van der Waals surface area contributed by atoms with Crippen molar-refractivity contribution in [1.82, 2.24) is 5.32 Å². The van der Waals surface area contributed by atoms with Crippen LogP contribution in [0.5, 0.6) is 11.5 Å². The summed E-state index contributed by atoms with van der Waals surface area (Å²) in [7, 11) is -0.663. The molecule has 1 atom stereocenters. The average molecular weight is 387 g/mol. The Morgan fingerprint density at radius 1 is 1.15 bits per heavy atom. The first-order valence-electron chi connectivity index (χ1n) is 8.01. The first-order chi connectivity index (χ1) is 12.1. The van der Waals surface area contributed by atoms with Gasteiger partial charge in [-0.15, -0.1) is 0 Å². The van der Waals surface area contributed by atoms with Gasteiger partial charge in [-0.3, -0.25) is 9.59 Å². The molecule has 0 heterocycles. The third-order valence-corrected chi connectivity index (χ3v) is 5.34. The molecule has 1 aromatic carbocycles. The van der Waals surface area contributed by atoms with Crippen molar-refractivity contribution >= 4 is 21.7 Å². The Bertz CT molecular complexity index is 743. The van der Waals surface area contributed by atoms with E-state index in [0.717, 1.165) is 0 Å². The molecule has 26 heavy (non-hydrogen) atoms. The summed E-state index contributed by atoms with van der Waals surface area (Å²) in [5, 5.41) is 11.6. The number of ether oxygens (including phenoxy) is 2. The molecule has 0 aromatic heterocycles. The molecule has 0 saturated heterocycles. The molecule has 0 aliphatic heterocycles. The highest BCUT2D eigenvalue weighted by Gasteiger charge is 2.23. The summed E-state index contributed by atoms with van der Waals surface area (Å²) in [4.78, 5) is 23.3. The van der Waals surface area contributed by atoms with E-state index in [2.05, 4.69) is 5.32 Å². The van der Waals surface area contributed by atoms with Gasteiger partial charge in [-0.1, -0.05) is 19.9 Å². The van der Waals surface area contributed by atoms with E-state index in [0.29, 0.717) is 17.1 Å². The number of hydrogen-bond donors (Lipinski definition) is 2. The molecule has 2 N–H and O–H groups in total. The highest BCUT2D eigenvalue weighted by molar-refractivity contribution is 7.92. The van der Waals surface area contributed by atoms with Crippen molar-refractivity contribution in [2.24, 2.45) is 5.92 Å². The molecular formula is C17H25NO7S. The Hall–Kier alpha value is -2.29. The van der Waals surface area contributed by atoms with Crippen LogP contribution in [0.2, 0.25) is 0 Å². The van der Waals surface area contributed by atoms with E-state index < -0.39 is 39.9 Å². The molecule has 0 bridgehead atoms. The fourth-order valence-corrected chi connectivity index (χ4v) is 4.12. The molecule has 8 nitrogen and oxygen atoms in total. The Morgan fingerprint density at radius 2 is 1.77 bits per heavy atom. The molecule has 146 valence electrons. The monoisotopic (exact) mass is 387 g/mol. The zero-order valence-electron chi connectivity index (χ0n) is 15.3. The lowest BCUT2D eigenvalue weighted by atomic mass is 10.0. The molecule has 1 amide bonds. The number of aliphatic carboxylic acids is 1. The molecule has 9 heteroatoms. The minimum atomic E-state index is -3.56. The van der Waals surface area contributed by atoms with Crippen molar-refractivity contribution in [3.05, 3.63) is 23.8 Å². The van der Waals surface area contributed by atoms with E-state index >= 15 is 0 Å². The van der Waals surface area contributed by atoms with Gasteiger partial charge >= 0.3 is 5.97 Å². The van der Waals surface area contributed by atoms with E-state index in [1.54, 1.807) is 32.0 Å². The third-order valence-electron chi connectivity index (χ3n) is 3.46. The zero-order chi connectivity index (χ0) is 19.9. The number of methoxy groups -OCH3 is 2. The number of amides is 1. The first kappa shape index (κ1) is 21.8. The van der Waals surface area contributed by atoms with Crippen LogP contribution in [0.25, 0.3) is 0 Å². The molecule has 1 aromatic rings. The van der Waals surface area contributed by atoms with E-state index in [1.807, 2.05) is 0 Å². The molecule has 1 unspecified atom stereocenters. The maximum Gasteiger partial charge on any atom is 0.305 e. The van der Waals surface area contributed by atoms with Crippen LogP contribution in [-0.2, 0) is 19.4 Å². The van der Waals surface area contributed by atoms with Crippen LogP contribution >= 0.6 is 0 Å². The Balaban J connectivity index is 3.01. The quantitative estimate of drug-likeness (QED) is 0.623. The fraction of sp³-hybridized carbons (Fsp3) is 0.529. The minimum Gasteiger partial charge on any atom is -0.493 e. The van der Waals surface area contributed by atoms with Crippen molar-refractivity contribution < 1.29 is 32.6 Å². The lowest BCUT2D eigenvalue weighted by Crippen LogP contribution is -2.35. The maximum atomic E-state index is 12.1. The number of carboxylic acids is 1. The van der Waals surface area contributed by atoms with Crippen molar-refractivity contribution in [3.63, 3.8) is 0 Å². The topological polar surface area (TPSA) is 119 Å². The van der Waals surface area contributed by atoms with Gasteiger partial charge in [0, 0.05) is 0 Å². The number of sulfone groups is 1. The lowest BCUT2D eigenvalue weighted by Gasteiger charge is -2.19. The van der Waals surface area contributed by atoms with Crippen LogP contribution in [-0.4, -0.2) is 51.1 Å². The predicted molar refractivity (Wildman–Crippen MR) is 96.2 cm³/mol. The van der Waals surface area contributed by atoms with Gasteiger partial charge < -0.3 is 19.9 Å². The number of carbonyl (C=O) groups excluding carboxylic acids is 1. The van der Waals surface area contributed by atoms with E-state index in [4.69, 9.17) is 14.6 Å². The minimum absolute atomic E-state index is 0.103. The van der Waals surface area contributed by atoms with Gasteiger partial charge in [-0.2, -0.15) is 0 Å². The van der Waals surface area contributed by atoms with Gasteiger partial charge in [-0.25, -0.2) is 8.42 Å². The number of hydrogen-bond acceptors (Lipinski definition) is 6. The summed E-state index contributed by atoms with van der Waals surface area (Å²) in [5.41, 5.74) is 0.472. The van der Waals surface area contributed by atoms with Crippen LogP contribution < -0.4 is 14.8 Å². The third kappa shape index (κ3) is 6.91. The second-order valence-corrected chi connectivity index (χ2v) is 8.39. The van der Waals surface area contributed by atoms with Gasteiger partial charge in [0.15, 0.2) is 21.3 Å². The second-order valence-electron chi connectivity index (χ2n) is 6.28. The highest BCUT2D eigenvalue weighted by atomic mass is 32.2. The number of rotatable bonds is 10. The zero-order valence-corrected chi connectivity index (χ0v) is 16.1. The van der Waals surface area contributed by atoms with Crippen molar-refractivity contribution in [1.29, 1.82) is 0 Å². The van der Waals surface area contributed by atoms with E-state index in [9.17, 15) is 18.0 Å². The summed E-state index contributed by atoms with van der Waals surface area (Å²) in [6.07, 6.45) is -0.397. The number of nitrogens with one attached hydrogen (secondary N) is 1. The molecule has 0 saturated carbocycles. The summed E-state index contributed by atoms with van der Waals surface area (Å²) in [5.74, 6) is -1.94. The van der Waals surface area contributed by atoms with Gasteiger partial charge in [0.1, 0.15) is 5.75 Å². The first-order valence-corrected chi connectivity index (χ1v) is 9.83. The molecule has 0 radical (unpaired) electrons. The van der Waals surface area contributed by atoms with E-state index in [-0.39, 0.29) is 11.7 Å². The Morgan fingerprint density at radius 3 is 2.27 bits per heavy atom. The molecule has 0 aliphatic carbocycles. The van der Waals surface area contributed by atoms with Crippen LogP contribution in [0.3, 0.4) is 0 Å². The molecular weight excluding hydrogens is 362 g/mol. The molecule has 1 rings (SSSR count). The fourth-order valence-electron chi connectivity index (χ4n) is 2.50. The normalized spacial score (nSPS) is 12.5. The molecule has 0 spiro atoms. The Labute approximate surface area is 153 Å². The molecule has 0 aliphatic rings. The van der Waals surface area contributed by atoms with Gasteiger partial charge in [0.05, 0.1) is 32.4 Å². The number of benzene rings is 1. The highest BCUT2D eigenvalue weighted by Crippen LogP contribution is 2.31. The summed E-state index contributed by atoms with van der Waals surface area (Å²) >= 11 is 0. The average Bonchev–Trinajstić information content (AvgIpc) is 2.51. The number of carbonyl (C=O) groups is 2. The van der Waals surface area contributed by atoms with Crippen LogP contribution in [0.15, 0.2) is 18.2 Å². The Kier molecular flexibility index (Phi) is 7.88. The van der Waals surface area contributed by atoms with Crippen LogP contribution in [0.1, 0.15) is 31.9 Å². The molecule has 0 fully saturated rings. The largest absolute Gasteiger partial charge is 0.493 e. The van der Waals surface area contributed by atoms with E-state index in [1.165, 1.54) is 14.2 Å². The summed E-state index contributed by atoms with van der Waals surface area (Å²) in [6.45, 7) is 3.48.